The third-order valence-corrected chi connectivity index (χ3v) is 8.69. The molecule has 2 aromatic carbocycles. The van der Waals surface area contributed by atoms with Gasteiger partial charge in [0.2, 0.25) is 5.91 Å². The Kier molecular flexibility index (Phi) is 9.83. The van der Waals surface area contributed by atoms with Crippen LogP contribution in [0.1, 0.15) is 63.9 Å². The van der Waals surface area contributed by atoms with Crippen LogP contribution in [0.4, 0.5) is 0 Å². The first-order chi connectivity index (χ1) is 22.4. The maximum Gasteiger partial charge on any atom is 0.338 e. The van der Waals surface area contributed by atoms with Crippen LogP contribution in [0.3, 0.4) is 0 Å². The maximum atomic E-state index is 13.5. The Balaban J connectivity index is 1.17. The summed E-state index contributed by atoms with van der Waals surface area (Å²) in [5.74, 6) is -1.27. The van der Waals surface area contributed by atoms with E-state index in [9.17, 15) is 14.4 Å². The molecule has 3 atom stereocenters. The average molecular weight is 633 g/mol. The van der Waals surface area contributed by atoms with Crippen molar-refractivity contribution < 1.29 is 43.5 Å². The summed E-state index contributed by atoms with van der Waals surface area (Å²) in [6.45, 7) is 0.258. The van der Waals surface area contributed by atoms with Gasteiger partial charge < -0.3 is 39.8 Å². The molecule has 0 unspecified atom stereocenters. The van der Waals surface area contributed by atoms with Crippen LogP contribution < -0.4 is 10.6 Å². The van der Waals surface area contributed by atoms with Gasteiger partial charge in [-0.2, -0.15) is 0 Å². The lowest BCUT2D eigenvalue weighted by Crippen LogP contribution is -2.44. The molecule has 11 nitrogen and oxygen atoms in total. The van der Waals surface area contributed by atoms with Crippen molar-refractivity contribution in [1.29, 1.82) is 0 Å². The van der Waals surface area contributed by atoms with Crippen molar-refractivity contribution in [3.8, 4) is 0 Å². The van der Waals surface area contributed by atoms with Crippen LogP contribution in [0.15, 0.2) is 66.4 Å². The van der Waals surface area contributed by atoms with Gasteiger partial charge in [0.1, 0.15) is 24.9 Å². The van der Waals surface area contributed by atoms with Crippen LogP contribution in [0.5, 0.6) is 0 Å². The van der Waals surface area contributed by atoms with Gasteiger partial charge in [0, 0.05) is 42.5 Å². The molecule has 244 valence electrons. The number of ether oxygens (including phenoxy) is 4. The Morgan fingerprint density at radius 3 is 2.41 bits per heavy atom. The van der Waals surface area contributed by atoms with Crippen molar-refractivity contribution in [2.75, 3.05) is 26.4 Å². The molecular formula is C35H40N2O9. The number of hydrogen-bond donors (Lipinski definition) is 4. The molecule has 4 aliphatic rings. The highest BCUT2D eigenvalue weighted by molar-refractivity contribution is 5.95. The molecule has 6 rings (SSSR count). The second-order valence-corrected chi connectivity index (χ2v) is 12.2. The van der Waals surface area contributed by atoms with E-state index < -0.39 is 30.1 Å². The lowest BCUT2D eigenvalue weighted by molar-refractivity contribution is -0.209. The van der Waals surface area contributed by atoms with E-state index in [1.54, 1.807) is 42.5 Å². The highest BCUT2D eigenvalue weighted by Crippen LogP contribution is 2.59. The number of carbonyl (C=O) groups is 3. The number of aliphatic hydroxyl groups is 2. The molecule has 2 aromatic rings. The minimum Gasteiger partial charge on any atom is -0.499 e. The number of amides is 2. The second kappa shape index (κ2) is 14.2. The summed E-state index contributed by atoms with van der Waals surface area (Å²) in [6.07, 6.45) is 7.41. The van der Waals surface area contributed by atoms with E-state index in [1.807, 2.05) is 18.2 Å². The van der Waals surface area contributed by atoms with Crippen molar-refractivity contribution in [2.45, 2.75) is 62.7 Å². The zero-order chi connectivity index (χ0) is 32.1. The Bertz CT molecular complexity index is 1480. The van der Waals surface area contributed by atoms with Crippen molar-refractivity contribution in [3.63, 3.8) is 0 Å². The van der Waals surface area contributed by atoms with E-state index >= 15 is 0 Å². The van der Waals surface area contributed by atoms with Gasteiger partial charge in [-0.3, -0.25) is 9.59 Å². The fourth-order valence-corrected chi connectivity index (χ4v) is 6.18. The minimum absolute atomic E-state index is 0.0959. The largest absolute Gasteiger partial charge is 0.499 e. The average Bonchev–Trinajstić information content (AvgIpc) is 4.02. The van der Waals surface area contributed by atoms with Gasteiger partial charge in [0.05, 0.1) is 25.0 Å². The molecule has 1 aliphatic heterocycles. The Hall–Kier alpha value is -4.03. The Morgan fingerprint density at radius 2 is 1.67 bits per heavy atom. The number of rotatable bonds is 14. The third-order valence-electron chi connectivity index (χ3n) is 8.69. The van der Waals surface area contributed by atoms with Crippen LogP contribution in [0, 0.1) is 11.8 Å². The van der Waals surface area contributed by atoms with Gasteiger partial charge in [-0.05, 0) is 73.2 Å². The maximum absolute atomic E-state index is 13.5. The van der Waals surface area contributed by atoms with Gasteiger partial charge in [0.25, 0.3) is 5.91 Å². The lowest BCUT2D eigenvalue weighted by atomic mass is 9.91. The van der Waals surface area contributed by atoms with E-state index in [2.05, 4.69) is 10.6 Å². The Morgan fingerprint density at radius 1 is 0.913 bits per heavy atom. The smallest absolute Gasteiger partial charge is 0.338 e. The molecule has 0 spiro atoms. The van der Waals surface area contributed by atoms with Crippen molar-refractivity contribution >= 4 is 23.9 Å². The zero-order valence-corrected chi connectivity index (χ0v) is 25.6. The van der Waals surface area contributed by atoms with Crippen molar-refractivity contribution in [3.05, 3.63) is 88.7 Å². The number of aliphatic hydroxyl groups excluding tert-OH is 2. The van der Waals surface area contributed by atoms with Crippen LogP contribution in [0.25, 0.3) is 6.08 Å². The summed E-state index contributed by atoms with van der Waals surface area (Å²) in [5.41, 5.74) is 2.68. The topological polar surface area (TPSA) is 153 Å². The summed E-state index contributed by atoms with van der Waals surface area (Å²) < 4.78 is 24.6. The van der Waals surface area contributed by atoms with E-state index in [4.69, 9.17) is 29.2 Å². The Labute approximate surface area is 267 Å². The predicted molar refractivity (Wildman–Crippen MR) is 166 cm³/mol. The molecule has 3 fully saturated rings. The summed E-state index contributed by atoms with van der Waals surface area (Å²) in [6, 6.07) is 13.8. The number of nitrogens with one attached hydrogen (secondary N) is 2. The van der Waals surface area contributed by atoms with E-state index in [1.165, 1.54) is 6.26 Å². The second-order valence-electron chi connectivity index (χ2n) is 12.2. The first-order valence-electron chi connectivity index (χ1n) is 15.9. The van der Waals surface area contributed by atoms with Gasteiger partial charge in [0.15, 0.2) is 5.79 Å². The summed E-state index contributed by atoms with van der Waals surface area (Å²) >= 11 is 0. The quantitative estimate of drug-likeness (QED) is 0.140. The van der Waals surface area contributed by atoms with Gasteiger partial charge in [-0.15, -0.1) is 0 Å². The van der Waals surface area contributed by atoms with Gasteiger partial charge in [-0.25, -0.2) is 4.79 Å². The van der Waals surface area contributed by atoms with Crippen molar-refractivity contribution in [2.24, 2.45) is 11.8 Å². The van der Waals surface area contributed by atoms with E-state index in [-0.39, 0.29) is 51.1 Å². The van der Waals surface area contributed by atoms with Gasteiger partial charge >= 0.3 is 5.97 Å². The van der Waals surface area contributed by atoms with Crippen LogP contribution in [-0.4, -0.2) is 78.5 Å². The molecule has 0 bridgehead atoms. The van der Waals surface area contributed by atoms with Crippen molar-refractivity contribution in [1.82, 2.24) is 10.6 Å². The fourth-order valence-electron chi connectivity index (χ4n) is 6.18. The summed E-state index contributed by atoms with van der Waals surface area (Å²) in [7, 11) is 0. The standard InChI is InChI=1S/C35H40N2O9/c38-13-12-36-32(40)24-5-2-4-23(18-24)21-37-33(41)26-19-29(31-30(20-26)45-35(46-31,27-7-8-27)28-9-10-28)44-34(42)25-6-1-3-22(17-25)11-15-43-16-14-39/h1-6,11,15,17-18,20,27-31,38-39H,7-10,12-14,16,19,21H2,(H,36,40)(H,37,41)/t29-,30-,31+/m1/s1. The monoisotopic (exact) mass is 632 g/mol. The minimum atomic E-state index is -0.742. The van der Waals surface area contributed by atoms with Gasteiger partial charge in [-0.1, -0.05) is 24.3 Å². The van der Waals surface area contributed by atoms with Crippen LogP contribution in [-0.2, 0) is 30.3 Å². The molecular weight excluding hydrogens is 592 g/mol. The highest BCUT2D eigenvalue weighted by Gasteiger charge is 2.64. The molecule has 0 radical (unpaired) electrons. The fraction of sp³-hybridized carbons (Fsp3) is 0.457. The SMILES string of the molecule is O=C(NCc1cccc(C(=O)NCCO)c1)C1=C[C@H]2OC(C3CC3)(C3CC3)O[C@H]2[C@H](OC(=O)c2cccc(C=COCCO)c2)C1. The molecule has 2 amide bonds. The third kappa shape index (κ3) is 7.33. The normalized spacial score (nSPS) is 23.3. The predicted octanol–water partition coefficient (Wildman–Crippen LogP) is 2.86. The van der Waals surface area contributed by atoms with Crippen LogP contribution >= 0.6 is 0 Å². The van der Waals surface area contributed by atoms with E-state index in [0.717, 1.165) is 36.8 Å². The zero-order valence-electron chi connectivity index (χ0n) is 25.6. The number of carbonyl (C=O) groups excluding carboxylic acids is 3. The molecule has 4 N–H and O–H groups in total. The van der Waals surface area contributed by atoms with E-state index in [0.29, 0.717) is 28.5 Å². The molecule has 1 heterocycles. The first kappa shape index (κ1) is 31.9. The summed E-state index contributed by atoms with van der Waals surface area (Å²) in [5, 5.41) is 23.4. The molecule has 11 heteroatoms. The first-order valence-corrected chi connectivity index (χ1v) is 15.9. The molecule has 0 aromatic heterocycles. The number of fused-ring (bicyclic) bond motifs is 1. The molecule has 3 aliphatic carbocycles. The van der Waals surface area contributed by atoms with Crippen LogP contribution in [0.2, 0.25) is 0 Å². The number of esters is 1. The number of benzene rings is 2. The molecule has 46 heavy (non-hydrogen) atoms. The molecule has 2 saturated carbocycles. The highest BCUT2D eigenvalue weighted by atomic mass is 16.8. The number of hydrogen-bond acceptors (Lipinski definition) is 9. The summed E-state index contributed by atoms with van der Waals surface area (Å²) in [4.78, 5) is 39.3. The lowest BCUT2D eigenvalue weighted by Gasteiger charge is -2.31. The molecule has 1 saturated heterocycles.